The molecule has 9 nitrogen and oxygen atoms in total. The van der Waals surface area contributed by atoms with Gasteiger partial charge in [0.25, 0.3) is 6.29 Å². The van der Waals surface area contributed by atoms with Crippen LogP contribution in [-0.2, 0) is 32.7 Å². The Balaban J connectivity index is 4.17. The lowest BCUT2D eigenvalue weighted by Crippen LogP contribution is -2.30. The van der Waals surface area contributed by atoms with E-state index in [4.69, 9.17) is 24.3 Å². The van der Waals surface area contributed by atoms with Crippen molar-refractivity contribution in [1.29, 1.82) is 0 Å². The molecule has 1 atom stereocenters. The maximum atomic E-state index is 12.5. The summed E-state index contributed by atoms with van der Waals surface area (Å²) in [5.41, 5.74) is 5.32. The molecule has 0 heterocycles. The molecule has 0 amide bonds. The number of esters is 2. The molecule has 48 heavy (non-hydrogen) atoms. The average molecular weight is 742 g/mol. The van der Waals surface area contributed by atoms with E-state index in [0.29, 0.717) is 0 Å². The minimum Gasteiger partial charge on any atom is -0.422 e. The number of nitrogens with two attached hydrogens (primary N) is 1. The standard InChI is InChI=1S/C36H72NO8PS2/c1-3-5-7-9-11-13-15-17-19-21-23-25-29-47-32-34(38)44-36(31-43-46(40,41)42-28-27-37)45-35(39)33-48-30-26-24-22-20-18-16-14-12-10-8-6-4-2/h36H,3-33,37H2,1-2H3,(H,40,41). The third-order valence-corrected chi connectivity index (χ3v) is 11.0. The van der Waals surface area contributed by atoms with Gasteiger partial charge in [0.05, 0.1) is 18.1 Å². The van der Waals surface area contributed by atoms with E-state index in [1.54, 1.807) is 0 Å². The fourth-order valence-corrected chi connectivity index (χ4v) is 7.51. The Kier molecular flexibility index (Phi) is 36.3. The van der Waals surface area contributed by atoms with Crippen LogP contribution < -0.4 is 5.73 Å². The van der Waals surface area contributed by atoms with Gasteiger partial charge < -0.3 is 20.1 Å². The van der Waals surface area contributed by atoms with E-state index in [1.807, 2.05) is 0 Å². The zero-order chi connectivity index (χ0) is 35.4. The van der Waals surface area contributed by atoms with E-state index in [-0.39, 0.29) is 24.7 Å². The Morgan fingerprint density at radius 2 is 0.917 bits per heavy atom. The Bertz CT molecular complexity index is 734. The highest BCUT2D eigenvalue weighted by Crippen LogP contribution is 2.43. The number of rotatable bonds is 38. The van der Waals surface area contributed by atoms with Crippen molar-refractivity contribution < 1.29 is 37.6 Å². The van der Waals surface area contributed by atoms with Gasteiger partial charge in [0, 0.05) is 6.54 Å². The molecule has 286 valence electrons. The molecule has 1 unspecified atom stereocenters. The van der Waals surface area contributed by atoms with Gasteiger partial charge in [-0.15, -0.1) is 0 Å². The second-order valence-corrected chi connectivity index (χ2v) is 16.3. The van der Waals surface area contributed by atoms with E-state index in [9.17, 15) is 19.0 Å². The van der Waals surface area contributed by atoms with Gasteiger partial charge in [-0.05, 0) is 24.3 Å². The third kappa shape index (κ3) is 35.5. The number of ether oxygens (including phenoxy) is 2. The lowest BCUT2D eigenvalue weighted by Gasteiger charge is -2.20. The Labute approximate surface area is 302 Å². The number of carbonyl (C=O) groups excluding carboxylic acids is 2. The molecule has 0 saturated carbocycles. The van der Waals surface area contributed by atoms with Gasteiger partial charge in [-0.25, -0.2) is 4.57 Å². The summed E-state index contributed by atoms with van der Waals surface area (Å²) in [5, 5.41) is 0. The minimum absolute atomic E-state index is 0.0359. The van der Waals surface area contributed by atoms with Crippen LogP contribution in [0.5, 0.6) is 0 Å². The Morgan fingerprint density at radius 1 is 0.583 bits per heavy atom. The van der Waals surface area contributed by atoms with Gasteiger partial charge in [0.1, 0.15) is 6.61 Å². The predicted octanol–water partition coefficient (Wildman–Crippen LogP) is 10.4. The number of phosphoric ester groups is 1. The van der Waals surface area contributed by atoms with Gasteiger partial charge in [-0.3, -0.25) is 18.6 Å². The van der Waals surface area contributed by atoms with Crippen LogP contribution in [0.2, 0.25) is 0 Å². The molecule has 0 aliphatic carbocycles. The number of thioether (sulfide) groups is 2. The van der Waals surface area contributed by atoms with E-state index in [2.05, 4.69) is 13.8 Å². The molecule has 0 aliphatic heterocycles. The second-order valence-electron chi connectivity index (χ2n) is 12.7. The minimum atomic E-state index is -4.43. The van der Waals surface area contributed by atoms with Crippen molar-refractivity contribution in [1.82, 2.24) is 0 Å². The maximum Gasteiger partial charge on any atom is 0.472 e. The molecule has 0 bridgehead atoms. The smallest absolute Gasteiger partial charge is 0.422 e. The van der Waals surface area contributed by atoms with Crippen LogP contribution in [0, 0.1) is 0 Å². The number of hydrogen-bond acceptors (Lipinski definition) is 10. The van der Waals surface area contributed by atoms with E-state index < -0.39 is 32.7 Å². The van der Waals surface area contributed by atoms with E-state index in [1.165, 1.54) is 152 Å². The molecule has 12 heteroatoms. The van der Waals surface area contributed by atoms with E-state index in [0.717, 1.165) is 37.2 Å². The quantitative estimate of drug-likeness (QED) is 0.0271. The SMILES string of the molecule is CCCCCCCCCCCCCCSCC(=O)OC(COP(=O)(O)OCCN)OC(=O)CSCCCCCCCCCCCCCC. The molecule has 0 aliphatic rings. The number of phosphoric acid groups is 1. The zero-order valence-electron chi connectivity index (χ0n) is 30.6. The third-order valence-electron chi connectivity index (χ3n) is 8.00. The molecule has 0 radical (unpaired) electrons. The fraction of sp³-hybridized carbons (Fsp3) is 0.944. The van der Waals surface area contributed by atoms with Crippen LogP contribution in [0.25, 0.3) is 0 Å². The second kappa shape index (κ2) is 36.5. The first-order valence-electron chi connectivity index (χ1n) is 19.2. The molecule has 0 rings (SSSR count). The summed E-state index contributed by atoms with van der Waals surface area (Å²) in [4.78, 5) is 34.8. The topological polar surface area (TPSA) is 134 Å². The first kappa shape index (κ1) is 47.7. The average Bonchev–Trinajstić information content (AvgIpc) is 3.06. The molecule has 0 fully saturated rings. The summed E-state index contributed by atoms with van der Waals surface area (Å²) in [6.07, 6.45) is 29.3. The van der Waals surface area contributed by atoms with Crippen LogP contribution in [-0.4, -0.2) is 65.9 Å². The van der Waals surface area contributed by atoms with Crippen LogP contribution in [0.4, 0.5) is 0 Å². The largest absolute Gasteiger partial charge is 0.472 e. The number of hydrogen-bond donors (Lipinski definition) is 2. The van der Waals surface area contributed by atoms with Gasteiger partial charge >= 0.3 is 19.8 Å². The fourth-order valence-electron chi connectivity index (χ4n) is 5.21. The number of carbonyl (C=O) groups is 2. The highest BCUT2D eigenvalue weighted by Gasteiger charge is 2.27. The summed E-state index contributed by atoms with van der Waals surface area (Å²) >= 11 is 2.93. The van der Waals surface area contributed by atoms with Crippen LogP contribution in [0.15, 0.2) is 0 Å². The maximum absolute atomic E-state index is 12.5. The van der Waals surface area contributed by atoms with Crippen molar-refractivity contribution in [3.8, 4) is 0 Å². The van der Waals surface area contributed by atoms with Gasteiger partial charge in [0.2, 0.25) is 0 Å². The molecule has 0 spiro atoms. The molecule has 0 saturated heterocycles. The molecule has 0 aromatic rings. The van der Waals surface area contributed by atoms with Crippen molar-refractivity contribution in [3.05, 3.63) is 0 Å². The first-order valence-corrected chi connectivity index (χ1v) is 23.0. The first-order chi connectivity index (χ1) is 23.3. The summed E-state index contributed by atoms with van der Waals surface area (Å²) in [6.45, 7) is 3.75. The van der Waals surface area contributed by atoms with Crippen molar-refractivity contribution in [2.45, 2.75) is 174 Å². The molecular weight excluding hydrogens is 670 g/mol. The summed E-state index contributed by atoms with van der Waals surface area (Å²) in [7, 11) is -4.43. The normalized spacial score (nSPS) is 12.8. The molecule has 0 aromatic carbocycles. The molecule has 3 N–H and O–H groups in total. The zero-order valence-corrected chi connectivity index (χ0v) is 33.2. The number of unbranched alkanes of at least 4 members (excludes halogenated alkanes) is 22. The van der Waals surface area contributed by atoms with Gasteiger partial charge in [-0.2, -0.15) is 23.5 Å². The summed E-state index contributed by atoms with van der Waals surface area (Å²) in [6, 6.07) is 0. The van der Waals surface area contributed by atoms with Gasteiger partial charge in [-0.1, -0.05) is 155 Å². The van der Waals surface area contributed by atoms with Crippen molar-refractivity contribution in [2.75, 3.05) is 42.8 Å². The van der Waals surface area contributed by atoms with Crippen molar-refractivity contribution in [2.24, 2.45) is 5.73 Å². The predicted molar refractivity (Wildman–Crippen MR) is 204 cm³/mol. The highest BCUT2D eigenvalue weighted by molar-refractivity contribution is 8.00. The van der Waals surface area contributed by atoms with Crippen LogP contribution in [0.1, 0.15) is 168 Å². The Hall–Kier alpha value is -0.290. The molecular formula is C36H72NO8PS2. The summed E-state index contributed by atoms with van der Waals surface area (Å²) in [5.74, 6) is 0.727. The van der Waals surface area contributed by atoms with Crippen molar-refractivity contribution in [3.63, 3.8) is 0 Å². The lowest BCUT2D eigenvalue weighted by atomic mass is 10.1. The monoisotopic (exact) mass is 741 g/mol. The van der Waals surface area contributed by atoms with Crippen LogP contribution in [0.3, 0.4) is 0 Å². The van der Waals surface area contributed by atoms with Crippen LogP contribution >= 0.6 is 31.3 Å². The van der Waals surface area contributed by atoms with Gasteiger partial charge in [0.15, 0.2) is 0 Å². The summed E-state index contributed by atoms with van der Waals surface area (Å²) < 4.78 is 32.3. The Morgan fingerprint density at radius 3 is 1.25 bits per heavy atom. The lowest BCUT2D eigenvalue weighted by molar-refractivity contribution is -0.189. The van der Waals surface area contributed by atoms with E-state index >= 15 is 0 Å². The molecule has 0 aromatic heterocycles. The highest BCUT2D eigenvalue weighted by atomic mass is 32.2. The van der Waals surface area contributed by atoms with Crippen molar-refractivity contribution >= 4 is 43.3 Å².